The van der Waals surface area contributed by atoms with Crippen molar-refractivity contribution in [2.45, 2.75) is 32.7 Å². The van der Waals surface area contributed by atoms with E-state index in [-0.39, 0.29) is 17.4 Å². The molecule has 0 saturated carbocycles. The Bertz CT molecular complexity index is 383. The summed E-state index contributed by atoms with van der Waals surface area (Å²) in [5.74, 6) is 0.199. The second-order valence-corrected chi connectivity index (χ2v) is 5.60. The monoisotopic (exact) mass is 235 g/mol. The Labute approximate surface area is 102 Å². The Hall–Kier alpha value is -1.29. The van der Waals surface area contributed by atoms with Crippen LogP contribution in [0.2, 0.25) is 0 Å². The smallest absolute Gasteiger partial charge is 0.227 e. The lowest BCUT2D eigenvalue weighted by Crippen LogP contribution is -2.54. The van der Waals surface area contributed by atoms with Crippen molar-refractivity contribution in [3.05, 3.63) is 24.0 Å². The van der Waals surface area contributed by atoms with Gasteiger partial charge in [0.05, 0.1) is 6.42 Å². The van der Waals surface area contributed by atoms with Crippen LogP contribution in [0.4, 0.5) is 0 Å². The minimum Gasteiger partial charge on any atom is -0.367 e. The highest BCUT2D eigenvalue weighted by Gasteiger charge is 2.35. The molecule has 0 spiro atoms. The van der Waals surface area contributed by atoms with Crippen LogP contribution in [0.3, 0.4) is 0 Å². The van der Waals surface area contributed by atoms with E-state index in [1.54, 1.807) is 0 Å². The SMILES string of the molecule is CC1(C)CN(C(=O)Cc2cc[nH]c2)CCC1N. The van der Waals surface area contributed by atoms with E-state index in [4.69, 9.17) is 5.73 Å². The molecule has 1 aliphatic rings. The molecule has 0 aliphatic carbocycles. The number of nitrogens with one attached hydrogen (secondary N) is 1. The van der Waals surface area contributed by atoms with Crippen molar-refractivity contribution in [2.75, 3.05) is 13.1 Å². The molecule has 0 bridgehead atoms. The molecule has 2 rings (SSSR count). The number of amides is 1. The third kappa shape index (κ3) is 2.69. The van der Waals surface area contributed by atoms with Gasteiger partial charge in [-0.15, -0.1) is 0 Å². The van der Waals surface area contributed by atoms with Crippen molar-refractivity contribution in [3.63, 3.8) is 0 Å². The maximum absolute atomic E-state index is 12.1. The summed E-state index contributed by atoms with van der Waals surface area (Å²) in [4.78, 5) is 17.0. The number of likely N-dealkylation sites (tertiary alicyclic amines) is 1. The number of piperidine rings is 1. The zero-order valence-corrected chi connectivity index (χ0v) is 10.6. The standard InChI is InChI=1S/C13H21N3O/c1-13(2)9-16(6-4-11(13)14)12(17)7-10-3-5-15-8-10/h3,5,8,11,15H,4,6-7,9,14H2,1-2H3. The molecule has 0 aromatic carbocycles. The molecule has 2 heterocycles. The number of aromatic nitrogens is 1. The molecule has 1 aromatic heterocycles. The first-order valence-corrected chi connectivity index (χ1v) is 6.14. The van der Waals surface area contributed by atoms with E-state index in [2.05, 4.69) is 18.8 Å². The zero-order valence-electron chi connectivity index (χ0n) is 10.6. The van der Waals surface area contributed by atoms with Crippen LogP contribution in [0.5, 0.6) is 0 Å². The summed E-state index contributed by atoms with van der Waals surface area (Å²) < 4.78 is 0. The topological polar surface area (TPSA) is 62.1 Å². The van der Waals surface area contributed by atoms with Gasteiger partial charge in [0.25, 0.3) is 0 Å². The summed E-state index contributed by atoms with van der Waals surface area (Å²) in [5, 5.41) is 0. The Morgan fingerprint density at radius 2 is 2.41 bits per heavy atom. The van der Waals surface area contributed by atoms with E-state index < -0.39 is 0 Å². The summed E-state index contributed by atoms with van der Waals surface area (Å²) in [5.41, 5.74) is 7.13. The summed E-state index contributed by atoms with van der Waals surface area (Å²) in [6.07, 6.45) is 5.10. The summed E-state index contributed by atoms with van der Waals surface area (Å²) in [6.45, 7) is 5.81. The number of hydrogen-bond donors (Lipinski definition) is 2. The average Bonchev–Trinajstić information content (AvgIpc) is 2.74. The molecule has 1 aliphatic heterocycles. The molecule has 1 saturated heterocycles. The maximum Gasteiger partial charge on any atom is 0.227 e. The van der Waals surface area contributed by atoms with E-state index in [0.29, 0.717) is 6.42 Å². The summed E-state index contributed by atoms with van der Waals surface area (Å²) >= 11 is 0. The van der Waals surface area contributed by atoms with Crippen LogP contribution in [0.25, 0.3) is 0 Å². The van der Waals surface area contributed by atoms with Crippen LogP contribution in [0.15, 0.2) is 18.5 Å². The molecule has 1 aromatic rings. The van der Waals surface area contributed by atoms with Crippen LogP contribution in [0, 0.1) is 5.41 Å². The molecule has 94 valence electrons. The molecule has 4 nitrogen and oxygen atoms in total. The van der Waals surface area contributed by atoms with Gasteiger partial charge in [-0.1, -0.05) is 13.8 Å². The van der Waals surface area contributed by atoms with E-state index in [9.17, 15) is 4.79 Å². The lowest BCUT2D eigenvalue weighted by atomic mass is 9.79. The van der Waals surface area contributed by atoms with Gasteiger partial charge in [-0.2, -0.15) is 0 Å². The van der Waals surface area contributed by atoms with Crippen molar-refractivity contribution in [1.29, 1.82) is 0 Å². The van der Waals surface area contributed by atoms with Gasteiger partial charge in [0.1, 0.15) is 0 Å². The molecule has 0 radical (unpaired) electrons. The van der Waals surface area contributed by atoms with Crippen molar-refractivity contribution in [2.24, 2.45) is 11.1 Å². The number of H-pyrrole nitrogens is 1. The van der Waals surface area contributed by atoms with Crippen LogP contribution < -0.4 is 5.73 Å². The average molecular weight is 235 g/mol. The number of aromatic amines is 1. The van der Waals surface area contributed by atoms with Crippen molar-refractivity contribution in [1.82, 2.24) is 9.88 Å². The first-order chi connectivity index (χ1) is 7.99. The summed E-state index contributed by atoms with van der Waals surface area (Å²) in [6, 6.07) is 2.14. The lowest BCUT2D eigenvalue weighted by Gasteiger charge is -2.42. The normalized spacial score (nSPS) is 23.7. The van der Waals surface area contributed by atoms with Gasteiger partial charge in [-0.05, 0) is 23.5 Å². The third-order valence-electron chi connectivity index (χ3n) is 3.68. The van der Waals surface area contributed by atoms with E-state index >= 15 is 0 Å². The Kier molecular flexibility index (Phi) is 3.24. The van der Waals surface area contributed by atoms with Crippen molar-refractivity contribution in [3.8, 4) is 0 Å². The Morgan fingerprint density at radius 3 is 3.00 bits per heavy atom. The highest BCUT2D eigenvalue weighted by atomic mass is 16.2. The Balaban J connectivity index is 1.97. The quantitative estimate of drug-likeness (QED) is 0.807. The molecule has 1 unspecified atom stereocenters. The number of nitrogens with zero attached hydrogens (tertiary/aromatic N) is 1. The lowest BCUT2D eigenvalue weighted by molar-refractivity contribution is -0.133. The highest BCUT2D eigenvalue weighted by Crippen LogP contribution is 2.27. The number of carbonyl (C=O) groups is 1. The second-order valence-electron chi connectivity index (χ2n) is 5.60. The largest absolute Gasteiger partial charge is 0.367 e. The molecule has 1 fully saturated rings. The maximum atomic E-state index is 12.1. The fourth-order valence-corrected chi connectivity index (χ4v) is 2.34. The van der Waals surface area contributed by atoms with Gasteiger partial charge in [0.15, 0.2) is 0 Å². The number of carbonyl (C=O) groups excluding carboxylic acids is 1. The molecule has 1 amide bonds. The van der Waals surface area contributed by atoms with E-state index in [1.165, 1.54) is 0 Å². The first kappa shape index (κ1) is 12.2. The van der Waals surface area contributed by atoms with E-state index in [1.807, 2.05) is 23.4 Å². The molecule has 3 N–H and O–H groups in total. The second kappa shape index (κ2) is 4.53. The predicted molar refractivity (Wildman–Crippen MR) is 67.5 cm³/mol. The minimum atomic E-state index is 0.0199. The third-order valence-corrected chi connectivity index (χ3v) is 3.68. The van der Waals surface area contributed by atoms with Gasteiger partial charge < -0.3 is 15.6 Å². The predicted octanol–water partition coefficient (Wildman–Crippen LogP) is 1.14. The fraction of sp³-hybridized carbons (Fsp3) is 0.615. The molecule has 17 heavy (non-hydrogen) atoms. The van der Waals surface area contributed by atoms with Crippen LogP contribution in [-0.2, 0) is 11.2 Å². The zero-order chi connectivity index (χ0) is 12.5. The van der Waals surface area contributed by atoms with Crippen LogP contribution in [-0.4, -0.2) is 34.9 Å². The van der Waals surface area contributed by atoms with E-state index in [0.717, 1.165) is 25.1 Å². The van der Waals surface area contributed by atoms with Crippen LogP contribution >= 0.6 is 0 Å². The van der Waals surface area contributed by atoms with Gasteiger partial charge in [0, 0.05) is 31.5 Å². The fourth-order valence-electron chi connectivity index (χ4n) is 2.34. The summed E-state index contributed by atoms with van der Waals surface area (Å²) in [7, 11) is 0. The minimum absolute atomic E-state index is 0.0199. The first-order valence-electron chi connectivity index (χ1n) is 6.14. The molecular weight excluding hydrogens is 214 g/mol. The Morgan fingerprint density at radius 1 is 1.65 bits per heavy atom. The highest BCUT2D eigenvalue weighted by molar-refractivity contribution is 5.78. The van der Waals surface area contributed by atoms with Gasteiger partial charge in [0.2, 0.25) is 5.91 Å². The van der Waals surface area contributed by atoms with Gasteiger partial charge in [-0.3, -0.25) is 4.79 Å². The molecular formula is C13H21N3O. The van der Waals surface area contributed by atoms with Crippen molar-refractivity contribution < 1.29 is 4.79 Å². The molecule has 1 atom stereocenters. The number of hydrogen-bond acceptors (Lipinski definition) is 2. The van der Waals surface area contributed by atoms with Gasteiger partial charge in [-0.25, -0.2) is 0 Å². The molecule has 4 heteroatoms. The van der Waals surface area contributed by atoms with Crippen LogP contribution in [0.1, 0.15) is 25.8 Å². The number of rotatable bonds is 2. The van der Waals surface area contributed by atoms with Gasteiger partial charge >= 0.3 is 0 Å². The number of nitrogens with two attached hydrogens (primary N) is 1. The van der Waals surface area contributed by atoms with Crippen molar-refractivity contribution >= 4 is 5.91 Å².